The third kappa shape index (κ3) is 3.27. The fraction of sp³-hybridized carbons (Fsp3) is 0.250. The van der Waals surface area contributed by atoms with Gasteiger partial charge in [0.15, 0.2) is 0 Å². The van der Waals surface area contributed by atoms with Crippen molar-refractivity contribution in [2.45, 2.75) is 11.7 Å². The highest BCUT2D eigenvalue weighted by Gasteiger charge is 2.39. The van der Waals surface area contributed by atoms with E-state index in [1.807, 2.05) is 12.1 Å². The van der Waals surface area contributed by atoms with Gasteiger partial charge in [-0.15, -0.1) is 11.8 Å². The van der Waals surface area contributed by atoms with Gasteiger partial charge in [0.05, 0.1) is 16.7 Å². The van der Waals surface area contributed by atoms with Gasteiger partial charge in [0, 0.05) is 9.99 Å². The molecule has 1 aromatic carbocycles. The molecule has 1 N–H and O–H groups in total. The first-order valence-electron chi connectivity index (χ1n) is 5.45. The number of carbonyl (C=O) groups excluding carboxylic acids is 2. The van der Waals surface area contributed by atoms with Crippen molar-refractivity contribution in [2.24, 2.45) is 0 Å². The highest BCUT2D eigenvalue weighted by Crippen LogP contribution is 2.29. The number of hydrogen-bond acceptors (Lipinski definition) is 4. The van der Waals surface area contributed by atoms with Gasteiger partial charge in [0.2, 0.25) is 11.8 Å². The van der Waals surface area contributed by atoms with Gasteiger partial charge in [-0.1, -0.05) is 0 Å². The SMILES string of the molecule is O=C(O)CS[C@@H]1CC(=O)N(c2ccc(I)cc2)C1=O. The largest absolute Gasteiger partial charge is 0.481 e. The van der Waals surface area contributed by atoms with Crippen LogP contribution in [0.3, 0.4) is 0 Å². The van der Waals surface area contributed by atoms with Crippen molar-refractivity contribution in [2.75, 3.05) is 10.7 Å². The van der Waals surface area contributed by atoms with Crippen LogP contribution in [0.4, 0.5) is 5.69 Å². The normalized spacial score (nSPS) is 19.0. The smallest absolute Gasteiger partial charge is 0.313 e. The summed E-state index contributed by atoms with van der Waals surface area (Å²) in [6.45, 7) is 0. The van der Waals surface area contributed by atoms with Crippen LogP contribution in [-0.4, -0.2) is 33.9 Å². The van der Waals surface area contributed by atoms with Crippen molar-refractivity contribution in [3.8, 4) is 0 Å². The maximum absolute atomic E-state index is 12.1. The first kappa shape index (κ1) is 14.3. The second-order valence-corrected chi connectivity index (χ2v) is 6.38. The summed E-state index contributed by atoms with van der Waals surface area (Å²) in [5.74, 6) is -1.78. The second-order valence-electron chi connectivity index (χ2n) is 3.94. The lowest BCUT2D eigenvalue weighted by Gasteiger charge is -2.14. The van der Waals surface area contributed by atoms with E-state index in [1.165, 1.54) is 0 Å². The summed E-state index contributed by atoms with van der Waals surface area (Å²) in [5, 5.41) is 8.01. The van der Waals surface area contributed by atoms with Crippen LogP contribution in [0.25, 0.3) is 0 Å². The molecule has 7 heteroatoms. The maximum Gasteiger partial charge on any atom is 0.313 e. The summed E-state index contributed by atoms with van der Waals surface area (Å²) in [6, 6.07) is 7.05. The molecule has 0 unspecified atom stereocenters. The van der Waals surface area contributed by atoms with Crippen molar-refractivity contribution < 1.29 is 19.5 Å². The Morgan fingerprint density at radius 3 is 2.58 bits per heavy atom. The second kappa shape index (κ2) is 5.91. The molecule has 0 saturated carbocycles. The number of imide groups is 1. The molecular weight excluding hydrogens is 381 g/mol. The zero-order valence-corrected chi connectivity index (χ0v) is 12.7. The Balaban J connectivity index is 2.14. The lowest BCUT2D eigenvalue weighted by atomic mass is 10.3. The summed E-state index contributed by atoms with van der Waals surface area (Å²) in [7, 11) is 0. The van der Waals surface area contributed by atoms with E-state index in [1.54, 1.807) is 12.1 Å². The maximum atomic E-state index is 12.1. The lowest BCUT2D eigenvalue weighted by molar-refractivity contribution is -0.134. The molecule has 5 nitrogen and oxygen atoms in total. The number of carbonyl (C=O) groups is 3. The molecule has 1 aromatic rings. The van der Waals surface area contributed by atoms with Crippen molar-refractivity contribution in [1.29, 1.82) is 0 Å². The Hall–Kier alpha value is -1.09. The van der Waals surface area contributed by atoms with Crippen molar-refractivity contribution in [3.05, 3.63) is 27.8 Å². The Kier molecular flexibility index (Phi) is 4.46. The van der Waals surface area contributed by atoms with Crippen LogP contribution >= 0.6 is 34.4 Å². The fourth-order valence-electron chi connectivity index (χ4n) is 1.77. The Bertz CT molecular complexity index is 531. The summed E-state index contributed by atoms with van der Waals surface area (Å²) in [4.78, 5) is 35.6. The number of amides is 2. The van der Waals surface area contributed by atoms with Gasteiger partial charge < -0.3 is 5.11 Å². The van der Waals surface area contributed by atoms with Gasteiger partial charge >= 0.3 is 5.97 Å². The van der Waals surface area contributed by atoms with E-state index in [-0.39, 0.29) is 24.0 Å². The minimum atomic E-state index is -0.988. The molecule has 1 heterocycles. The van der Waals surface area contributed by atoms with E-state index < -0.39 is 11.2 Å². The van der Waals surface area contributed by atoms with Gasteiger partial charge in [0.25, 0.3) is 0 Å². The van der Waals surface area contributed by atoms with Crippen LogP contribution < -0.4 is 4.90 Å². The molecule has 2 amide bonds. The van der Waals surface area contributed by atoms with E-state index >= 15 is 0 Å². The summed E-state index contributed by atoms with van der Waals surface area (Å²) in [6.07, 6.45) is 0.0583. The van der Waals surface area contributed by atoms with Gasteiger partial charge in [-0.3, -0.25) is 14.4 Å². The van der Waals surface area contributed by atoms with E-state index in [9.17, 15) is 14.4 Å². The molecule has 19 heavy (non-hydrogen) atoms. The lowest BCUT2D eigenvalue weighted by Crippen LogP contribution is -2.31. The first-order chi connectivity index (χ1) is 8.99. The zero-order valence-electron chi connectivity index (χ0n) is 9.71. The molecule has 1 aliphatic rings. The Morgan fingerprint density at radius 1 is 1.37 bits per heavy atom. The van der Waals surface area contributed by atoms with E-state index in [2.05, 4.69) is 22.6 Å². The fourth-order valence-corrected chi connectivity index (χ4v) is 2.98. The number of nitrogens with zero attached hydrogens (tertiary/aromatic N) is 1. The number of hydrogen-bond donors (Lipinski definition) is 1. The highest BCUT2D eigenvalue weighted by atomic mass is 127. The van der Waals surface area contributed by atoms with Crippen LogP contribution in [-0.2, 0) is 14.4 Å². The molecule has 2 rings (SSSR count). The van der Waals surface area contributed by atoms with E-state index in [0.717, 1.165) is 20.2 Å². The zero-order chi connectivity index (χ0) is 14.0. The van der Waals surface area contributed by atoms with Crippen LogP contribution in [0.5, 0.6) is 0 Å². The molecule has 1 aliphatic heterocycles. The Morgan fingerprint density at radius 2 is 2.00 bits per heavy atom. The van der Waals surface area contributed by atoms with Crippen LogP contribution in [0.15, 0.2) is 24.3 Å². The van der Waals surface area contributed by atoms with Gasteiger partial charge in [-0.05, 0) is 46.9 Å². The Labute approximate surface area is 127 Å². The van der Waals surface area contributed by atoms with Gasteiger partial charge in [-0.2, -0.15) is 0 Å². The highest BCUT2D eigenvalue weighted by molar-refractivity contribution is 14.1. The number of aliphatic carboxylic acids is 1. The number of anilines is 1. The third-order valence-electron chi connectivity index (χ3n) is 2.60. The van der Waals surface area contributed by atoms with Crippen molar-refractivity contribution in [1.82, 2.24) is 0 Å². The molecule has 0 bridgehead atoms. The first-order valence-corrected chi connectivity index (χ1v) is 7.57. The minimum Gasteiger partial charge on any atom is -0.481 e. The number of carboxylic acids is 1. The third-order valence-corrected chi connectivity index (χ3v) is 4.50. The average molecular weight is 391 g/mol. The topological polar surface area (TPSA) is 74.7 Å². The van der Waals surface area contributed by atoms with Crippen molar-refractivity contribution >= 4 is 57.8 Å². The van der Waals surface area contributed by atoms with Gasteiger partial charge in [0.1, 0.15) is 0 Å². The number of thioether (sulfide) groups is 1. The molecule has 100 valence electrons. The standard InChI is InChI=1S/C12H10INO4S/c13-7-1-3-8(4-2-7)14-10(15)5-9(12(14)18)19-6-11(16)17/h1-4,9H,5-6H2,(H,16,17)/t9-/m1/s1. The van der Waals surface area contributed by atoms with E-state index in [0.29, 0.717) is 5.69 Å². The molecule has 0 aliphatic carbocycles. The number of benzene rings is 1. The number of rotatable bonds is 4. The monoisotopic (exact) mass is 391 g/mol. The summed E-state index contributed by atoms with van der Waals surface area (Å²) < 4.78 is 1.01. The number of carboxylic acid groups (broad SMARTS) is 1. The van der Waals surface area contributed by atoms with Crippen molar-refractivity contribution in [3.63, 3.8) is 0 Å². The minimum absolute atomic E-state index is 0.0583. The number of halogens is 1. The summed E-state index contributed by atoms with van der Waals surface area (Å²) in [5.41, 5.74) is 0.536. The predicted octanol–water partition coefficient (Wildman–Crippen LogP) is 1.74. The molecule has 1 atom stereocenters. The quantitative estimate of drug-likeness (QED) is 0.625. The van der Waals surface area contributed by atoms with Crippen LogP contribution in [0.2, 0.25) is 0 Å². The molecule has 0 spiro atoms. The molecular formula is C12H10INO4S. The summed E-state index contributed by atoms with van der Waals surface area (Å²) >= 11 is 3.13. The van der Waals surface area contributed by atoms with Crippen LogP contribution in [0, 0.1) is 3.57 Å². The van der Waals surface area contributed by atoms with Crippen LogP contribution in [0.1, 0.15) is 6.42 Å². The molecule has 1 saturated heterocycles. The van der Waals surface area contributed by atoms with Gasteiger partial charge in [-0.25, -0.2) is 4.90 Å². The predicted molar refractivity (Wildman–Crippen MR) is 80.2 cm³/mol. The molecule has 0 aromatic heterocycles. The average Bonchev–Trinajstić information content (AvgIpc) is 2.63. The molecule has 0 radical (unpaired) electrons. The molecule has 1 fully saturated rings. The van der Waals surface area contributed by atoms with E-state index in [4.69, 9.17) is 5.11 Å².